The molecule has 1 saturated heterocycles. The molecule has 8 nitrogen and oxygen atoms in total. The maximum atomic E-state index is 13.1. The molecule has 1 aromatic carbocycles. The predicted molar refractivity (Wildman–Crippen MR) is 127 cm³/mol. The molecule has 170 valence electrons. The third-order valence-electron chi connectivity index (χ3n) is 6.16. The largest absolute Gasteiger partial charge is 0.495 e. The third kappa shape index (κ3) is 4.99. The van der Waals surface area contributed by atoms with Gasteiger partial charge in [-0.1, -0.05) is 24.1 Å². The van der Waals surface area contributed by atoms with E-state index in [2.05, 4.69) is 32.5 Å². The minimum absolute atomic E-state index is 0.0907. The van der Waals surface area contributed by atoms with Gasteiger partial charge in [0.2, 0.25) is 5.91 Å². The molecule has 1 aliphatic heterocycles. The van der Waals surface area contributed by atoms with Crippen molar-refractivity contribution in [2.24, 2.45) is 0 Å². The smallest absolute Gasteiger partial charge is 0.321 e. The molecule has 0 bridgehead atoms. The van der Waals surface area contributed by atoms with Crippen LogP contribution in [0.5, 0.6) is 5.75 Å². The number of carbonyl (C=O) groups excluding carboxylic acids is 2. The highest BCUT2D eigenvalue weighted by Crippen LogP contribution is 2.48. The molecule has 4 rings (SSSR count). The predicted octanol–water partition coefficient (Wildman–Crippen LogP) is 3.31. The van der Waals surface area contributed by atoms with Crippen molar-refractivity contribution in [1.29, 1.82) is 0 Å². The first-order valence-corrected chi connectivity index (χ1v) is 12.0. The van der Waals surface area contributed by atoms with Crippen molar-refractivity contribution in [3.05, 3.63) is 48.2 Å². The number of pyridine rings is 1. The van der Waals surface area contributed by atoms with Crippen LogP contribution < -0.4 is 25.0 Å². The number of ether oxygens (including phenoxy) is 1. The summed E-state index contributed by atoms with van der Waals surface area (Å²) < 4.78 is 8.44. The molecule has 1 aliphatic carbocycles. The van der Waals surface area contributed by atoms with E-state index in [0.29, 0.717) is 24.5 Å². The Morgan fingerprint density at radius 3 is 2.66 bits per heavy atom. The molecule has 32 heavy (non-hydrogen) atoms. The summed E-state index contributed by atoms with van der Waals surface area (Å²) in [6.45, 7) is 1.61. The van der Waals surface area contributed by atoms with E-state index in [1.807, 2.05) is 18.4 Å². The summed E-state index contributed by atoms with van der Waals surface area (Å²) in [5.74, 6) is 0.907. The number of hydrogen-bond acceptors (Lipinski definition) is 6. The Bertz CT molecular complexity index is 947. The van der Waals surface area contributed by atoms with Gasteiger partial charge >= 0.3 is 6.03 Å². The van der Waals surface area contributed by atoms with Gasteiger partial charge < -0.3 is 15.0 Å². The summed E-state index contributed by atoms with van der Waals surface area (Å²) in [5, 5.41) is 5.46. The summed E-state index contributed by atoms with van der Waals surface area (Å²) in [6, 6.07) is 10.7. The van der Waals surface area contributed by atoms with E-state index in [0.717, 1.165) is 18.7 Å². The number of aromatic nitrogens is 1. The summed E-state index contributed by atoms with van der Waals surface area (Å²) in [7, 11) is 1.55. The molecular weight excluding hydrogens is 426 g/mol. The highest BCUT2D eigenvalue weighted by molar-refractivity contribution is 7.96. The van der Waals surface area contributed by atoms with Gasteiger partial charge in [0, 0.05) is 24.2 Å². The zero-order chi connectivity index (χ0) is 22.6. The van der Waals surface area contributed by atoms with Crippen LogP contribution in [0, 0.1) is 0 Å². The standard InChI is InChI=1S/C23H29N5O3S/c1-31-18-9-10-20(24-14-18)27-22(30)26-19-4-3-13-28(21(19)29)17-7-5-16(6-8-17)23(11-12-23)15-25-32-2/h5-10,14,19,25H,3-4,11-13,15H2,1-2H3,(H2,24,26,27,30). The molecule has 3 amide bonds. The number of nitrogens with one attached hydrogen (secondary N) is 3. The number of carbonyl (C=O) groups is 2. The van der Waals surface area contributed by atoms with Gasteiger partial charge in [-0.2, -0.15) is 0 Å². The molecule has 2 heterocycles. The van der Waals surface area contributed by atoms with E-state index < -0.39 is 12.1 Å². The van der Waals surface area contributed by atoms with Gasteiger partial charge in [0.1, 0.15) is 17.6 Å². The lowest BCUT2D eigenvalue weighted by Crippen LogP contribution is -2.53. The number of amides is 3. The van der Waals surface area contributed by atoms with E-state index >= 15 is 0 Å². The molecule has 1 aromatic heterocycles. The van der Waals surface area contributed by atoms with Crippen LogP contribution in [0.15, 0.2) is 42.6 Å². The van der Waals surface area contributed by atoms with E-state index in [-0.39, 0.29) is 11.3 Å². The van der Waals surface area contributed by atoms with Crippen molar-refractivity contribution >= 4 is 35.4 Å². The van der Waals surface area contributed by atoms with Gasteiger partial charge in [-0.25, -0.2) is 9.78 Å². The normalized spacial score (nSPS) is 19.4. The Morgan fingerprint density at radius 1 is 1.25 bits per heavy atom. The average molecular weight is 456 g/mol. The molecular formula is C23H29N5O3S. The first kappa shape index (κ1) is 22.4. The lowest BCUT2D eigenvalue weighted by Gasteiger charge is -2.33. The van der Waals surface area contributed by atoms with Crippen molar-refractivity contribution in [2.75, 3.05) is 36.7 Å². The molecule has 1 saturated carbocycles. The minimum Gasteiger partial charge on any atom is -0.495 e. The number of anilines is 2. The first-order valence-electron chi connectivity index (χ1n) is 10.8. The number of benzene rings is 1. The number of urea groups is 1. The van der Waals surface area contributed by atoms with Crippen molar-refractivity contribution < 1.29 is 14.3 Å². The molecule has 0 spiro atoms. The van der Waals surface area contributed by atoms with Gasteiger partial charge in [-0.15, -0.1) is 0 Å². The molecule has 9 heteroatoms. The number of rotatable bonds is 8. The van der Waals surface area contributed by atoms with Gasteiger partial charge in [0.05, 0.1) is 13.3 Å². The highest BCUT2D eigenvalue weighted by atomic mass is 32.2. The Morgan fingerprint density at radius 2 is 2.03 bits per heavy atom. The lowest BCUT2D eigenvalue weighted by molar-refractivity contribution is -0.121. The second-order valence-electron chi connectivity index (χ2n) is 8.22. The number of piperidine rings is 1. The second kappa shape index (κ2) is 9.79. The molecule has 3 N–H and O–H groups in total. The topological polar surface area (TPSA) is 95.6 Å². The van der Waals surface area contributed by atoms with Crippen LogP contribution in [0.3, 0.4) is 0 Å². The third-order valence-corrected chi connectivity index (χ3v) is 6.59. The van der Waals surface area contributed by atoms with Crippen LogP contribution in [0.2, 0.25) is 0 Å². The fourth-order valence-corrected chi connectivity index (χ4v) is 4.50. The van der Waals surface area contributed by atoms with Gasteiger partial charge in [-0.05, 0) is 61.8 Å². The van der Waals surface area contributed by atoms with E-state index in [1.54, 1.807) is 36.1 Å². The summed E-state index contributed by atoms with van der Waals surface area (Å²) in [4.78, 5) is 31.4. The quantitative estimate of drug-likeness (QED) is 0.529. The second-order valence-corrected chi connectivity index (χ2v) is 8.92. The van der Waals surface area contributed by atoms with Crippen LogP contribution >= 0.6 is 11.9 Å². The molecule has 2 aliphatic rings. The first-order chi connectivity index (χ1) is 15.5. The van der Waals surface area contributed by atoms with Crippen LogP contribution in [0.4, 0.5) is 16.3 Å². The van der Waals surface area contributed by atoms with Crippen molar-refractivity contribution in [1.82, 2.24) is 15.0 Å². The molecule has 0 radical (unpaired) electrons. The Balaban J connectivity index is 1.36. The fourth-order valence-electron chi connectivity index (χ4n) is 4.07. The van der Waals surface area contributed by atoms with Crippen LogP contribution in [-0.4, -0.2) is 49.4 Å². The Hall–Kier alpha value is -2.78. The maximum Gasteiger partial charge on any atom is 0.321 e. The maximum absolute atomic E-state index is 13.1. The monoisotopic (exact) mass is 455 g/mol. The molecule has 2 fully saturated rings. The van der Waals surface area contributed by atoms with E-state index in [9.17, 15) is 9.59 Å². The average Bonchev–Trinajstić information content (AvgIpc) is 3.61. The zero-order valence-electron chi connectivity index (χ0n) is 18.4. The summed E-state index contributed by atoms with van der Waals surface area (Å²) in [6.07, 6.45) is 7.37. The van der Waals surface area contributed by atoms with Crippen LogP contribution in [-0.2, 0) is 10.2 Å². The van der Waals surface area contributed by atoms with Crippen molar-refractivity contribution in [2.45, 2.75) is 37.1 Å². The number of hydrogen-bond donors (Lipinski definition) is 3. The van der Waals surface area contributed by atoms with Crippen LogP contribution in [0.25, 0.3) is 0 Å². The minimum atomic E-state index is -0.567. The highest BCUT2D eigenvalue weighted by Gasteiger charge is 2.43. The lowest BCUT2D eigenvalue weighted by atomic mass is 9.95. The van der Waals surface area contributed by atoms with Crippen LogP contribution in [0.1, 0.15) is 31.2 Å². The van der Waals surface area contributed by atoms with Gasteiger partial charge in [0.25, 0.3) is 0 Å². The summed E-state index contributed by atoms with van der Waals surface area (Å²) in [5.41, 5.74) is 2.41. The fraction of sp³-hybridized carbons (Fsp3) is 0.435. The van der Waals surface area contributed by atoms with Gasteiger partial charge in [0.15, 0.2) is 0 Å². The van der Waals surface area contributed by atoms with Crippen molar-refractivity contribution in [3.8, 4) is 5.75 Å². The molecule has 1 unspecified atom stereocenters. The molecule has 1 atom stereocenters. The van der Waals surface area contributed by atoms with E-state index in [4.69, 9.17) is 4.74 Å². The van der Waals surface area contributed by atoms with Crippen molar-refractivity contribution in [3.63, 3.8) is 0 Å². The Kier molecular flexibility index (Phi) is 6.86. The SMILES string of the molecule is COc1ccc(NC(=O)NC2CCCN(c3ccc(C4(CNSC)CC4)cc3)C2=O)nc1. The molecule has 2 aromatic rings. The number of methoxy groups -OCH3 is 1. The zero-order valence-corrected chi connectivity index (χ0v) is 19.2. The van der Waals surface area contributed by atoms with Gasteiger partial charge in [-0.3, -0.25) is 14.8 Å². The number of nitrogens with zero attached hydrogens (tertiary/aromatic N) is 2. The Labute approximate surface area is 192 Å². The summed E-state index contributed by atoms with van der Waals surface area (Å²) >= 11 is 1.64. The van der Waals surface area contributed by atoms with E-state index in [1.165, 1.54) is 24.6 Å².